The fourth-order valence-corrected chi connectivity index (χ4v) is 2.22. The predicted molar refractivity (Wildman–Crippen MR) is 88.7 cm³/mol. The number of rotatable bonds is 6. The van der Waals surface area contributed by atoms with Crippen LogP contribution in [0.1, 0.15) is 18.9 Å². The van der Waals surface area contributed by atoms with E-state index in [1.54, 1.807) is 0 Å². The lowest BCUT2D eigenvalue weighted by Gasteiger charge is -2.10. The zero-order valence-electron chi connectivity index (χ0n) is 11.3. The van der Waals surface area contributed by atoms with Crippen LogP contribution in [0.5, 0.6) is 5.75 Å². The molecule has 0 amide bonds. The molecular weight excluding hydrogens is 338 g/mol. The van der Waals surface area contributed by atoms with Gasteiger partial charge in [0.2, 0.25) is 0 Å². The van der Waals surface area contributed by atoms with E-state index < -0.39 is 0 Å². The third-order valence-corrected chi connectivity index (χ3v) is 4.02. The molecule has 2 aromatic carbocycles. The summed E-state index contributed by atoms with van der Waals surface area (Å²) in [5.74, 6) is 0.894. The third kappa shape index (κ3) is 4.43. The molecule has 0 spiro atoms. The molecule has 0 aliphatic rings. The Kier molecular flexibility index (Phi) is 5.74. The van der Waals surface area contributed by atoms with Crippen molar-refractivity contribution < 1.29 is 4.74 Å². The number of anilines is 1. The molecule has 0 heterocycles. The zero-order valence-corrected chi connectivity index (χ0v) is 13.7. The Hall–Kier alpha value is -1.19. The number of ether oxygens (including phenoxy) is 1. The van der Waals surface area contributed by atoms with Gasteiger partial charge in [0.25, 0.3) is 0 Å². The second kappa shape index (κ2) is 7.55. The van der Waals surface area contributed by atoms with E-state index in [4.69, 9.17) is 16.3 Å². The van der Waals surface area contributed by atoms with Gasteiger partial charge in [-0.1, -0.05) is 30.7 Å². The molecule has 0 saturated carbocycles. The molecule has 1 N–H and O–H groups in total. The summed E-state index contributed by atoms with van der Waals surface area (Å²) in [6.07, 6.45) is 1.01. The van der Waals surface area contributed by atoms with Crippen molar-refractivity contribution in [3.63, 3.8) is 0 Å². The second-order valence-corrected chi connectivity index (χ2v) is 5.74. The van der Waals surface area contributed by atoms with E-state index in [1.807, 2.05) is 42.5 Å². The van der Waals surface area contributed by atoms with Crippen LogP contribution in [0.4, 0.5) is 5.69 Å². The molecule has 0 unspecified atom stereocenters. The highest BCUT2D eigenvalue weighted by atomic mass is 79.9. The van der Waals surface area contributed by atoms with E-state index in [-0.39, 0.29) is 0 Å². The average Bonchev–Trinajstić information content (AvgIpc) is 2.47. The number of hydrogen-bond acceptors (Lipinski definition) is 2. The molecule has 0 radical (unpaired) electrons. The van der Waals surface area contributed by atoms with Gasteiger partial charge in [-0.25, -0.2) is 0 Å². The van der Waals surface area contributed by atoms with Crippen molar-refractivity contribution in [1.82, 2.24) is 0 Å². The van der Waals surface area contributed by atoms with Crippen molar-refractivity contribution in [2.24, 2.45) is 0 Å². The minimum Gasteiger partial charge on any atom is -0.494 e. The van der Waals surface area contributed by atoms with Crippen LogP contribution in [-0.2, 0) is 6.54 Å². The second-order valence-electron chi connectivity index (χ2n) is 4.48. The third-order valence-electron chi connectivity index (χ3n) is 2.79. The van der Waals surface area contributed by atoms with Crippen molar-refractivity contribution in [1.29, 1.82) is 0 Å². The molecule has 0 aromatic heterocycles. The van der Waals surface area contributed by atoms with Gasteiger partial charge in [-0.3, -0.25) is 0 Å². The average molecular weight is 355 g/mol. The summed E-state index contributed by atoms with van der Waals surface area (Å²) >= 11 is 9.47. The highest BCUT2D eigenvalue weighted by molar-refractivity contribution is 9.10. The van der Waals surface area contributed by atoms with Crippen LogP contribution >= 0.6 is 27.5 Å². The van der Waals surface area contributed by atoms with Crippen molar-refractivity contribution in [2.75, 3.05) is 11.9 Å². The zero-order chi connectivity index (χ0) is 14.4. The Morgan fingerprint density at radius 3 is 2.80 bits per heavy atom. The summed E-state index contributed by atoms with van der Waals surface area (Å²) in [5.41, 5.74) is 2.18. The largest absolute Gasteiger partial charge is 0.494 e. The van der Waals surface area contributed by atoms with Gasteiger partial charge in [-0.05, 0) is 52.2 Å². The molecule has 2 aromatic rings. The van der Waals surface area contributed by atoms with E-state index >= 15 is 0 Å². The maximum absolute atomic E-state index is 6.08. The standard InChI is InChI=1S/C16H17BrClNO/c1-2-8-20-14-5-3-4-13(10-14)19-11-12-6-7-15(17)16(18)9-12/h3-7,9-10,19H,2,8,11H2,1H3. The lowest BCUT2D eigenvalue weighted by molar-refractivity contribution is 0.317. The SMILES string of the molecule is CCCOc1cccc(NCc2ccc(Br)c(Cl)c2)c1. The molecule has 0 atom stereocenters. The smallest absolute Gasteiger partial charge is 0.121 e. The van der Waals surface area contributed by atoms with Crippen molar-refractivity contribution in [3.05, 3.63) is 57.5 Å². The monoisotopic (exact) mass is 353 g/mol. The van der Waals surface area contributed by atoms with E-state index in [2.05, 4.69) is 28.2 Å². The molecule has 2 nitrogen and oxygen atoms in total. The quantitative estimate of drug-likeness (QED) is 0.739. The molecule has 4 heteroatoms. The van der Waals surface area contributed by atoms with Gasteiger partial charge < -0.3 is 10.1 Å². The van der Waals surface area contributed by atoms with Gasteiger partial charge in [0.1, 0.15) is 5.75 Å². The van der Waals surface area contributed by atoms with Gasteiger partial charge in [0, 0.05) is 22.8 Å². The van der Waals surface area contributed by atoms with Gasteiger partial charge >= 0.3 is 0 Å². The highest BCUT2D eigenvalue weighted by Gasteiger charge is 2.00. The Morgan fingerprint density at radius 2 is 2.05 bits per heavy atom. The van der Waals surface area contributed by atoms with Crippen LogP contribution in [0.2, 0.25) is 5.02 Å². The summed E-state index contributed by atoms with van der Waals surface area (Å²) in [6.45, 7) is 3.56. The van der Waals surface area contributed by atoms with E-state index in [9.17, 15) is 0 Å². The highest BCUT2D eigenvalue weighted by Crippen LogP contribution is 2.24. The van der Waals surface area contributed by atoms with Crippen LogP contribution in [0.25, 0.3) is 0 Å². The molecule has 0 saturated heterocycles. The number of hydrogen-bond donors (Lipinski definition) is 1. The first-order chi connectivity index (χ1) is 9.69. The van der Waals surface area contributed by atoms with E-state index in [0.29, 0.717) is 0 Å². The molecule has 2 rings (SSSR count). The number of halogens is 2. The van der Waals surface area contributed by atoms with Crippen LogP contribution in [-0.4, -0.2) is 6.61 Å². The fraction of sp³-hybridized carbons (Fsp3) is 0.250. The minimum atomic E-state index is 0.726. The van der Waals surface area contributed by atoms with E-state index in [1.165, 1.54) is 0 Å². The first-order valence-corrected chi connectivity index (χ1v) is 7.77. The summed E-state index contributed by atoms with van der Waals surface area (Å²) in [7, 11) is 0. The van der Waals surface area contributed by atoms with Crippen LogP contribution < -0.4 is 10.1 Å². The van der Waals surface area contributed by atoms with Crippen molar-refractivity contribution in [3.8, 4) is 5.75 Å². The summed E-state index contributed by atoms with van der Waals surface area (Å²) in [5, 5.41) is 4.10. The summed E-state index contributed by atoms with van der Waals surface area (Å²) < 4.78 is 6.53. The lowest BCUT2D eigenvalue weighted by atomic mass is 10.2. The molecule has 0 aliphatic heterocycles. The number of nitrogens with one attached hydrogen (secondary N) is 1. The normalized spacial score (nSPS) is 10.3. The molecule has 106 valence electrons. The van der Waals surface area contributed by atoms with Crippen LogP contribution in [0.15, 0.2) is 46.9 Å². The Bertz CT molecular complexity index is 574. The molecule has 0 aliphatic carbocycles. The molecular formula is C16H17BrClNO. The summed E-state index contributed by atoms with van der Waals surface area (Å²) in [6, 6.07) is 13.9. The van der Waals surface area contributed by atoms with Gasteiger partial charge in [0.15, 0.2) is 0 Å². The van der Waals surface area contributed by atoms with E-state index in [0.717, 1.165) is 46.1 Å². The minimum absolute atomic E-state index is 0.726. The molecule has 0 fully saturated rings. The Labute approximate surface area is 133 Å². The van der Waals surface area contributed by atoms with Gasteiger partial charge in [0.05, 0.1) is 11.6 Å². The van der Waals surface area contributed by atoms with Crippen LogP contribution in [0, 0.1) is 0 Å². The topological polar surface area (TPSA) is 21.3 Å². The Balaban J connectivity index is 1.97. The predicted octanol–water partition coefficient (Wildman–Crippen LogP) is 5.50. The number of benzene rings is 2. The molecule has 20 heavy (non-hydrogen) atoms. The van der Waals surface area contributed by atoms with Crippen LogP contribution in [0.3, 0.4) is 0 Å². The fourth-order valence-electron chi connectivity index (χ4n) is 1.77. The maximum Gasteiger partial charge on any atom is 0.121 e. The summed E-state index contributed by atoms with van der Waals surface area (Å²) in [4.78, 5) is 0. The van der Waals surface area contributed by atoms with Gasteiger partial charge in [-0.2, -0.15) is 0 Å². The van der Waals surface area contributed by atoms with Crippen molar-refractivity contribution >= 4 is 33.2 Å². The first-order valence-electron chi connectivity index (χ1n) is 6.59. The maximum atomic E-state index is 6.08. The van der Waals surface area contributed by atoms with Gasteiger partial charge in [-0.15, -0.1) is 0 Å². The van der Waals surface area contributed by atoms with Crippen molar-refractivity contribution in [2.45, 2.75) is 19.9 Å². The lowest BCUT2D eigenvalue weighted by Crippen LogP contribution is -2.00. The molecule has 0 bridgehead atoms. The first kappa shape index (κ1) is 15.2. The Morgan fingerprint density at radius 1 is 1.20 bits per heavy atom.